The molecule has 1 heterocycles. The molecule has 0 aromatic rings. The predicted molar refractivity (Wildman–Crippen MR) is 72.8 cm³/mol. The maximum atomic E-state index is 12.8. The van der Waals surface area contributed by atoms with Crippen LogP contribution in [0.1, 0.15) is 38.5 Å². The molecule has 1 aliphatic carbocycles. The van der Waals surface area contributed by atoms with E-state index in [1.165, 1.54) is 0 Å². The molecule has 0 radical (unpaired) electrons. The van der Waals surface area contributed by atoms with Crippen LogP contribution in [-0.4, -0.2) is 40.8 Å². The van der Waals surface area contributed by atoms with E-state index in [0.717, 1.165) is 19.3 Å². The zero-order chi connectivity index (χ0) is 14.8. The minimum absolute atomic E-state index is 0.00951. The first-order chi connectivity index (χ1) is 9.51. The molecule has 2 amide bonds. The number of rotatable bonds is 3. The monoisotopic (exact) mass is 282 g/mol. The summed E-state index contributed by atoms with van der Waals surface area (Å²) in [6, 6.07) is 0. The summed E-state index contributed by atoms with van der Waals surface area (Å²) in [5, 5.41) is 12.1. The topological polar surface area (TPSA) is 122 Å². The third-order valence-corrected chi connectivity index (χ3v) is 4.59. The molecule has 1 saturated carbocycles. The summed E-state index contributed by atoms with van der Waals surface area (Å²) < 4.78 is 0. The number of likely N-dealkylation sites (tertiary alicyclic amines) is 1. The van der Waals surface area contributed by atoms with Gasteiger partial charge >= 0.3 is 0 Å². The van der Waals surface area contributed by atoms with E-state index in [0.29, 0.717) is 32.4 Å². The van der Waals surface area contributed by atoms with E-state index in [-0.39, 0.29) is 23.6 Å². The molecule has 20 heavy (non-hydrogen) atoms. The van der Waals surface area contributed by atoms with Crippen molar-refractivity contribution in [2.45, 2.75) is 38.5 Å². The maximum absolute atomic E-state index is 12.8. The van der Waals surface area contributed by atoms with E-state index in [4.69, 9.17) is 16.7 Å². The molecule has 1 unspecified atom stereocenters. The summed E-state index contributed by atoms with van der Waals surface area (Å²) in [5.74, 6) is -0.797. The lowest BCUT2D eigenvalue weighted by molar-refractivity contribution is -0.139. The molecule has 0 spiro atoms. The van der Waals surface area contributed by atoms with Gasteiger partial charge in [-0.2, -0.15) is 0 Å². The lowest BCUT2D eigenvalue weighted by atomic mass is 9.72. The molecule has 0 bridgehead atoms. The predicted octanol–water partition coefficient (Wildman–Crippen LogP) is 0.0171. The summed E-state index contributed by atoms with van der Waals surface area (Å²) in [7, 11) is 0. The van der Waals surface area contributed by atoms with Crippen LogP contribution in [0.2, 0.25) is 0 Å². The summed E-state index contributed by atoms with van der Waals surface area (Å²) in [5.41, 5.74) is 10.2. The second-order valence-corrected chi connectivity index (χ2v) is 5.77. The Balaban J connectivity index is 2.18. The lowest BCUT2D eigenvalue weighted by Crippen LogP contribution is -2.52. The number of carbonyl (C=O) groups excluding carboxylic acids is 2. The zero-order valence-corrected chi connectivity index (χ0v) is 11.5. The molecule has 5 N–H and O–H groups in total. The molecule has 1 aliphatic heterocycles. The number of nitrogens with zero attached hydrogens (tertiary/aromatic N) is 2. The Hall–Kier alpha value is -1.79. The number of oxime groups is 1. The standard InChI is InChI=1S/C13H22N4O3/c14-10(18)9-4-7-17(8-9)12(19)13(11(15)16-20)5-2-1-3-6-13/h9,20H,1-8H2,(H2,14,18)(H2,15,16). The van der Waals surface area contributed by atoms with Crippen LogP contribution >= 0.6 is 0 Å². The van der Waals surface area contributed by atoms with Crippen LogP contribution in [0.15, 0.2) is 5.16 Å². The van der Waals surface area contributed by atoms with Gasteiger partial charge in [-0.3, -0.25) is 9.59 Å². The number of amidine groups is 1. The molecule has 2 aliphatic rings. The number of hydrogen-bond donors (Lipinski definition) is 3. The summed E-state index contributed by atoms with van der Waals surface area (Å²) >= 11 is 0. The van der Waals surface area contributed by atoms with Gasteiger partial charge in [0.05, 0.1) is 5.92 Å². The van der Waals surface area contributed by atoms with E-state index >= 15 is 0 Å². The van der Waals surface area contributed by atoms with Crippen molar-refractivity contribution in [1.29, 1.82) is 0 Å². The van der Waals surface area contributed by atoms with E-state index in [1.807, 2.05) is 0 Å². The normalized spacial score (nSPS) is 26.5. The van der Waals surface area contributed by atoms with Crippen LogP contribution in [0, 0.1) is 11.3 Å². The van der Waals surface area contributed by atoms with Crippen molar-refractivity contribution in [2.75, 3.05) is 13.1 Å². The number of hydrogen-bond acceptors (Lipinski definition) is 4. The Bertz CT molecular complexity index is 429. The number of carbonyl (C=O) groups is 2. The Morgan fingerprint density at radius 1 is 1.20 bits per heavy atom. The summed E-state index contributed by atoms with van der Waals surface area (Å²) in [6.45, 7) is 0.849. The lowest BCUT2D eigenvalue weighted by Gasteiger charge is -2.37. The van der Waals surface area contributed by atoms with Gasteiger partial charge in [0.2, 0.25) is 11.8 Å². The highest BCUT2D eigenvalue weighted by Gasteiger charge is 2.47. The molecule has 112 valence electrons. The fourth-order valence-corrected chi connectivity index (χ4v) is 3.31. The van der Waals surface area contributed by atoms with Gasteiger partial charge in [-0.1, -0.05) is 24.4 Å². The Morgan fingerprint density at radius 3 is 2.35 bits per heavy atom. The van der Waals surface area contributed by atoms with Crippen molar-refractivity contribution >= 4 is 17.6 Å². The minimum atomic E-state index is -0.903. The molecular weight excluding hydrogens is 260 g/mol. The van der Waals surface area contributed by atoms with Crippen molar-refractivity contribution in [1.82, 2.24) is 4.90 Å². The summed E-state index contributed by atoms with van der Waals surface area (Å²) in [4.78, 5) is 25.6. The quantitative estimate of drug-likeness (QED) is 0.292. The molecule has 0 aromatic carbocycles. The largest absolute Gasteiger partial charge is 0.409 e. The number of primary amides is 1. The van der Waals surface area contributed by atoms with Gasteiger partial charge in [0.15, 0.2) is 5.84 Å². The molecule has 1 saturated heterocycles. The Kier molecular flexibility index (Phi) is 4.15. The van der Waals surface area contributed by atoms with Gasteiger partial charge in [0.25, 0.3) is 0 Å². The van der Waals surface area contributed by atoms with Gasteiger partial charge in [-0.25, -0.2) is 0 Å². The number of amides is 2. The van der Waals surface area contributed by atoms with Crippen LogP contribution in [0.4, 0.5) is 0 Å². The van der Waals surface area contributed by atoms with Crippen LogP contribution in [0.25, 0.3) is 0 Å². The molecular formula is C13H22N4O3. The van der Waals surface area contributed by atoms with Crippen molar-refractivity contribution in [3.05, 3.63) is 0 Å². The highest BCUT2D eigenvalue weighted by Crippen LogP contribution is 2.39. The fourth-order valence-electron chi connectivity index (χ4n) is 3.31. The average Bonchev–Trinajstić information content (AvgIpc) is 2.96. The molecule has 7 nitrogen and oxygen atoms in total. The first kappa shape index (κ1) is 14.6. The highest BCUT2D eigenvalue weighted by atomic mass is 16.4. The zero-order valence-electron chi connectivity index (χ0n) is 11.5. The van der Waals surface area contributed by atoms with E-state index in [2.05, 4.69) is 5.16 Å². The van der Waals surface area contributed by atoms with E-state index in [1.54, 1.807) is 4.90 Å². The van der Waals surface area contributed by atoms with Gasteiger partial charge in [-0.05, 0) is 19.3 Å². The number of nitrogens with two attached hydrogens (primary N) is 2. The minimum Gasteiger partial charge on any atom is -0.409 e. The highest BCUT2D eigenvalue weighted by molar-refractivity contribution is 6.07. The SMILES string of the molecule is NC(=O)C1CCN(C(=O)C2(C(N)=NO)CCCCC2)C1. The smallest absolute Gasteiger partial charge is 0.236 e. The van der Waals surface area contributed by atoms with Crippen molar-refractivity contribution < 1.29 is 14.8 Å². The molecule has 2 fully saturated rings. The van der Waals surface area contributed by atoms with Crippen LogP contribution in [-0.2, 0) is 9.59 Å². The van der Waals surface area contributed by atoms with Crippen molar-refractivity contribution in [2.24, 2.45) is 28.0 Å². The van der Waals surface area contributed by atoms with Gasteiger partial charge < -0.3 is 21.6 Å². The van der Waals surface area contributed by atoms with Gasteiger partial charge in [-0.15, -0.1) is 0 Å². The van der Waals surface area contributed by atoms with Gasteiger partial charge in [0.1, 0.15) is 5.41 Å². The van der Waals surface area contributed by atoms with E-state index < -0.39 is 5.41 Å². The second-order valence-electron chi connectivity index (χ2n) is 5.77. The second kappa shape index (κ2) is 5.68. The fraction of sp³-hybridized carbons (Fsp3) is 0.769. The maximum Gasteiger partial charge on any atom is 0.236 e. The summed E-state index contributed by atoms with van der Waals surface area (Å²) in [6.07, 6.45) is 4.61. The van der Waals surface area contributed by atoms with Crippen molar-refractivity contribution in [3.63, 3.8) is 0 Å². The Morgan fingerprint density at radius 2 is 1.85 bits per heavy atom. The Labute approximate surface area is 118 Å². The molecule has 7 heteroatoms. The van der Waals surface area contributed by atoms with Gasteiger partial charge in [0, 0.05) is 13.1 Å². The van der Waals surface area contributed by atoms with Crippen LogP contribution < -0.4 is 11.5 Å². The van der Waals surface area contributed by atoms with E-state index in [9.17, 15) is 9.59 Å². The van der Waals surface area contributed by atoms with Crippen LogP contribution in [0.3, 0.4) is 0 Å². The average molecular weight is 282 g/mol. The van der Waals surface area contributed by atoms with Crippen molar-refractivity contribution in [3.8, 4) is 0 Å². The first-order valence-corrected chi connectivity index (χ1v) is 7.08. The molecule has 0 aromatic heterocycles. The first-order valence-electron chi connectivity index (χ1n) is 7.08. The molecule has 1 atom stereocenters. The molecule has 2 rings (SSSR count). The van der Waals surface area contributed by atoms with Crippen LogP contribution in [0.5, 0.6) is 0 Å². The third-order valence-electron chi connectivity index (χ3n) is 4.59. The third kappa shape index (κ3) is 2.44.